The minimum absolute atomic E-state index is 0.0305. The summed E-state index contributed by atoms with van der Waals surface area (Å²) >= 11 is 0. The van der Waals surface area contributed by atoms with Gasteiger partial charge < -0.3 is 72.6 Å². The maximum Gasteiger partial charge on any atom is 0.317 e. The number of nitrogens with zero attached hydrogens (tertiary/aromatic N) is 2. The number of rotatable bonds is 31. The summed E-state index contributed by atoms with van der Waals surface area (Å²) in [4.78, 5) is 129. The number of carboxylic acid groups (broad SMARTS) is 3. The van der Waals surface area contributed by atoms with Crippen molar-refractivity contribution in [3.63, 3.8) is 0 Å². The first-order valence-corrected chi connectivity index (χ1v) is 24.3. The third-order valence-corrected chi connectivity index (χ3v) is 12.6. The number of benzene rings is 2. The summed E-state index contributed by atoms with van der Waals surface area (Å²) in [6.07, 6.45) is -0.823. The van der Waals surface area contributed by atoms with Crippen LogP contribution in [0.25, 0.3) is 0 Å². The highest BCUT2D eigenvalue weighted by molar-refractivity contribution is 6.04. The van der Waals surface area contributed by atoms with Crippen LogP contribution in [0.1, 0.15) is 61.3 Å². The fraction of sp³-hybridized carbons (Fsp3) is 0.510. The number of para-hydroxylation sites is 1. The molecule has 0 spiro atoms. The molecule has 2 aromatic rings. The summed E-state index contributed by atoms with van der Waals surface area (Å²) in [7, 11) is 0. The highest BCUT2D eigenvalue weighted by Gasteiger charge is 2.43. The van der Waals surface area contributed by atoms with Crippen molar-refractivity contribution in [3.05, 3.63) is 76.9 Å². The fourth-order valence-electron chi connectivity index (χ4n) is 8.69. The van der Waals surface area contributed by atoms with E-state index in [9.17, 15) is 63.3 Å². The Kier molecular flexibility index (Phi) is 22.0. The predicted molar refractivity (Wildman–Crippen MR) is 263 cm³/mol. The second kappa shape index (κ2) is 28.2. The van der Waals surface area contributed by atoms with Gasteiger partial charge in [-0.05, 0) is 59.9 Å². The van der Waals surface area contributed by atoms with Gasteiger partial charge in [0, 0.05) is 45.7 Å². The average Bonchev–Trinajstić information content (AvgIpc) is 3.86. The van der Waals surface area contributed by atoms with E-state index in [-0.39, 0.29) is 57.6 Å². The molecular formula is C49H66N10O15. The molecule has 1 saturated heterocycles. The summed E-state index contributed by atoms with van der Waals surface area (Å²) < 4.78 is 4.84. The monoisotopic (exact) mass is 1030 g/mol. The van der Waals surface area contributed by atoms with Crippen LogP contribution in [0.15, 0.2) is 54.6 Å². The average molecular weight is 1040 g/mol. The van der Waals surface area contributed by atoms with Crippen molar-refractivity contribution in [1.29, 1.82) is 0 Å². The lowest BCUT2D eigenvalue weighted by atomic mass is 10.0. The lowest BCUT2D eigenvalue weighted by molar-refractivity contribution is -0.154. The maximum atomic E-state index is 14.2. The molecule has 3 heterocycles. The first-order valence-electron chi connectivity index (χ1n) is 24.3. The normalized spacial score (nSPS) is 18.6. The molecule has 0 saturated carbocycles. The van der Waals surface area contributed by atoms with Gasteiger partial charge in [0.15, 0.2) is 0 Å². The molecule has 25 heteroatoms. The molecular weight excluding hydrogens is 969 g/mol. The molecule has 0 aromatic heterocycles. The number of carboxylic acids is 3. The highest BCUT2D eigenvalue weighted by atomic mass is 16.6. The molecule has 0 aliphatic carbocycles. The summed E-state index contributed by atoms with van der Waals surface area (Å²) in [6, 6.07) is 8.00. The predicted octanol–water partition coefficient (Wildman–Crippen LogP) is -2.98. The van der Waals surface area contributed by atoms with Gasteiger partial charge in [-0.3, -0.25) is 52.8 Å². The number of amides is 6. The number of aliphatic hydroxyl groups excluding tert-OH is 1. The molecule has 3 aliphatic heterocycles. The zero-order valence-electron chi connectivity index (χ0n) is 41.1. The van der Waals surface area contributed by atoms with Gasteiger partial charge in [-0.2, -0.15) is 0 Å². The zero-order valence-corrected chi connectivity index (χ0v) is 41.1. The van der Waals surface area contributed by atoms with Gasteiger partial charge in [0.1, 0.15) is 18.1 Å². The standard InChI is InChI=1S/C49H66N10O15/c1-3-28(2)44(47(71)56-35-12-11-31-5-4-6-32-20-33(59(45(31)32)48(35)72)23-52-36-21-43(69)74-49(36)73)57-39(62)25-53-38(61)24-54-46(70)34(13-14-40(63)64)55-37(60)19-29-7-9-30(10-8-29)22-50-15-17-58(27-42(67)68)18-16-51-26-41(65)66/h4-10,33-36,44,49-52,73H,2-3,11-27H2,1H3,(H,53,61)(H,54,70)(H,55,60)(H,56,71)(H,57,62)(H,63,64)(H,65,66)(H,67,68)/t33-,34-,35-,36+,44-,49+/m0/s1. The quantitative estimate of drug-likeness (QED) is 0.0204. The second-order valence-electron chi connectivity index (χ2n) is 18.2. The number of esters is 1. The van der Waals surface area contributed by atoms with Crippen molar-refractivity contribution >= 4 is 65.0 Å². The first kappa shape index (κ1) is 57.6. The Morgan fingerprint density at radius 3 is 2.15 bits per heavy atom. The Labute approximate surface area is 426 Å². The van der Waals surface area contributed by atoms with E-state index in [0.29, 0.717) is 56.7 Å². The largest absolute Gasteiger partial charge is 0.481 e. The lowest BCUT2D eigenvalue weighted by Gasteiger charge is -2.30. The van der Waals surface area contributed by atoms with E-state index < -0.39 is 109 Å². The van der Waals surface area contributed by atoms with E-state index in [1.165, 1.54) is 0 Å². The van der Waals surface area contributed by atoms with E-state index >= 15 is 0 Å². The van der Waals surface area contributed by atoms with Crippen molar-refractivity contribution < 1.29 is 73.1 Å². The topological polar surface area (TPSA) is 364 Å². The second-order valence-corrected chi connectivity index (χ2v) is 18.2. The molecule has 6 atom stereocenters. The van der Waals surface area contributed by atoms with Crippen molar-refractivity contribution in [3.8, 4) is 0 Å². The minimum Gasteiger partial charge on any atom is -0.481 e. The van der Waals surface area contributed by atoms with Gasteiger partial charge in [0.2, 0.25) is 41.7 Å². The smallest absolute Gasteiger partial charge is 0.317 e. The van der Waals surface area contributed by atoms with Crippen LogP contribution in [0.3, 0.4) is 0 Å². The van der Waals surface area contributed by atoms with Gasteiger partial charge in [0.25, 0.3) is 0 Å². The Morgan fingerprint density at radius 2 is 1.49 bits per heavy atom. The summed E-state index contributed by atoms with van der Waals surface area (Å²) in [5.74, 6) is -7.93. The van der Waals surface area contributed by atoms with Crippen molar-refractivity contribution in [2.45, 2.75) is 101 Å². The molecule has 2 aromatic carbocycles. The summed E-state index contributed by atoms with van der Waals surface area (Å²) in [5.41, 5.74) is 4.35. The number of cyclic esters (lactones) is 1. The SMILES string of the molecule is C=C(CC)[C@H](NC(=O)CNC(=O)CNC(=O)[C@H](CCC(=O)O)NC(=O)Cc1ccc(CNCCN(CCNCC(=O)O)CC(=O)O)cc1)C(=O)N[C@H]1CCc2cccc3c2N(C1=O)[C@H](CN[C@@H]1CC(=O)O[C@H]1O)C3. The number of hydrogen-bond acceptors (Lipinski definition) is 16. The minimum atomic E-state index is -1.33. The van der Waals surface area contributed by atoms with E-state index in [2.05, 4.69) is 49.1 Å². The number of hydrogen-bond donors (Lipinski definition) is 12. The van der Waals surface area contributed by atoms with E-state index in [4.69, 9.17) is 9.84 Å². The summed E-state index contributed by atoms with van der Waals surface area (Å²) in [6.45, 7) is 6.04. The van der Waals surface area contributed by atoms with Crippen molar-refractivity contribution in [1.82, 2.24) is 47.4 Å². The van der Waals surface area contributed by atoms with Crippen LogP contribution < -0.4 is 47.4 Å². The number of carbonyl (C=O) groups is 10. The van der Waals surface area contributed by atoms with Crippen LogP contribution in [0.2, 0.25) is 0 Å². The Balaban J connectivity index is 1.07. The number of aryl methyl sites for hydroxylation is 1. The first-order chi connectivity index (χ1) is 35.3. The molecule has 74 heavy (non-hydrogen) atoms. The molecule has 25 nitrogen and oxygen atoms in total. The fourth-order valence-corrected chi connectivity index (χ4v) is 8.69. The molecule has 0 unspecified atom stereocenters. The molecule has 3 aliphatic rings. The highest BCUT2D eigenvalue weighted by Crippen LogP contribution is 2.39. The van der Waals surface area contributed by atoms with Gasteiger partial charge >= 0.3 is 23.9 Å². The van der Waals surface area contributed by atoms with Gasteiger partial charge in [-0.25, -0.2) is 0 Å². The third kappa shape index (κ3) is 17.7. The Bertz CT molecular complexity index is 2400. The van der Waals surface area contributed by atoms with Gasteiger partial charge in [-0.15, -0.1) is 0 Å². The molecule has 402 valence electrons. The van der Waals surface area contributed by atoms with E-state index in [0.717, 1.165) is 22.4 Å². The van der Waals surface area contributed by atoms with Crippen LogP contribution in [-0.2, 0) is 78.5 Å². The molecule has 1 fully saturated rings. The number of ether oxygens (including phenoxy) is 1. The van der Waals surface area contributed by atoms with E-state index in [1.807, 2.05) is 18.2 Å². The van der Waals surface area contributed by atoms with Crippen LogP contribution in [0.4, 0.5) is 5.69 Å². The van der Waals surface area contributed by atoms with Crippen molar-refractivity contribution in [2.24, 2.45) is 0 Å². The van der Waals surface area contributed by atoms with Crippen LogP contribution in [-0.4, -0.2) is 180 Å². The number of aliphatic carboxylic acids is 3. The molecule has 6 amide bonds. The summed E-state index contributed by atoms with van der Waals surface area (Å²) in [5, 5.41) is 59.0. The molecule has 5 rings (SSSR count). The van der Waals surface area contributed by atoms with Crippen LogP contribution in [0, 0.1) is 0 Å². The molecule has 0 radical (unpaired) electrons. The number of aliphatic hydroxyl groups is 1. The number of nitrogens with one attached hydrogen (secondary N) is 8. The van der Waals surface area contributed by atoms with Crippen molar-refractivity contribution in [2.75, 3.05) is 63.8 Å². The Hall–Kier alpha value is -7.32. The van der Waals surface area contributed by atoms with Gasteiger partial charge in [0.05, 0.1) is 56.8 Å². The number of anilines is 1. The van der Waals surface area contributed by atoms with Gasteiger partial charge in [-0.1, -0.05) is 56.0 Å². The van der Waals surface area contributed by atoms with E-state index in [1.54, 1.807) is 41.0 Å². The molecule has 0 bridgehead atoms. The zero-order chi connectivity index (χ0) is 53.9. The van der Waals surface area contributed by atoms with Crippen LogP contribution >= 0.6 is 0 Å². The number of carbonyl (C=O) groups excluding carboxylic acids is 7. The third-order valence-electron chi connectivity index (χ3n) is 12.6. The lowest BCUT2D eigenvalue weighted by Crippen LogP contribution is -2.57. The molecule has 12 N–H and O–H groups in total. The van der Waals surface area contributed by atoms with Crippen LogP contribution in [0.5, 0.6) is 0 Å². The maximum absolute atomic E-state index is 14.2. The Morgan fingerprint density at radius 1 is 0.797 bits per heavy atom.